The van der Waals surface area contributed by atoms with Gasteiger partial charge in [0.2, 0.25) is 5.91 Å². The van der Waals surface area contributed by atoms with Crippen LogP contribution in [0, 0.1) is 11.3 Å². The average molecular weight is 268 g/mol. The summed E-state index contributed by atoms with van der Waals surface area (Å²) in [6.45, 7) is 6.47. The number of hydrogen-bond donors (Lipinski definition) is 2. The van der Waals surface area contributed by atoms with Crippen molar-refractivity contribution in [2.75, 3.05) is 32.8 Å². The van der Waals surface area contributed by atoms with E-state index < -0.39 is 0 Å². The van der Waals surface area contributed by atoms with Gasteiger partial charge in [0.1, 0.15) is 0 Å². The lowest BCUT2D eigenvalue weighted by Crippen LogP contribution is -2.46. The van der Waals surface area contributed by atoms with Crippen molar-refractivity contribution >= 4 is 5.91 Å². The first-order valence-electron chi connectivity index (χ1n) is 7.82. The van der Waals surface area contributed by atoms with E-state index in [0.717, 1.165) is 52.1 Å². The van der Waals surface area contributed by atoms with Crippen molar-refractivity contribution in [1.29, 1.82) is 0 Å². The molecule has 0 aromatic rings. The molecule has 110 valence electrons. The Bertz CT molecular complexity index is 284. The van der Waals surface area contributed by atoms with Crippen molar-refractivity contribution in [2.24, 2.45) is 11.3 Å². The third kappa shape index (κ3) is 4.18. The molecule has 2 fully saturated rings. The van der Waals surface area contributed by atoms with Gasteiger partial charge in [0.15, 0.2) is 0 Å². The van der Waals surface area contributed by atoms with Gasteiger partial charge >= 0.3 is 0 Å². The van der Waals surface area contributed by atoms with E-state index in [9.17, 15) is 4.79 Å². The predicted octanol–water partition coefficient (Wildman–Crippen LogP) is 1.70. The minimum Gasteiger partial charge on any atom is -0.382 e. The van der Waals surface area contributed by atoms with E-state index in [1.807, 2.05) is 6.92 Å². The summed E-state index contributed by atoms with van der Waals surface area (Å²) in [5, 5.41) is 6.50. The first-order chi connectivity index (χ1) is 9.26. The van der Waals surface area contributed by atoms with Gasteiger partial charge < -0.3 is 15.4 Å². The summed E-state index contributed by atoms with van der Waals surface area (Å²) in [7, 11) is 0. The zero-order chi connectivity index (χ0) is 13.6. The van der Waals surface area contributed by atoms with Crippen molar-refractivity contribution in [2.45, 2.75) is 45.4 Å². The first-order valence-corrected chi connectivity index (χ1v) is 7.82. The summed E-state index contributed by atoms with van der Waals surface area (Å²) in [5.41, 5.74) is 0.331. The van der Waals surface area contributed by atoms with E-state index in [2.05, 4.69) is 10.6 Å². The van der Waals surface area contributed by atoms with Gasteiger partial charge in [-0.1, -0.05) is 6.42 Å². The first kappa shape index (κ1) is 14.8. The van der Waals surface area contributed by atoms with Crippen molar-refractivity contribution in [3.05, 3.63) is 0 Å². The predicted molar refractivity (Wildman–Crippen MR) is 76.0 cm³/mol. The molecule has 2 N–H and O–H groups in total. The molecule has 1 aliphatic heterocycles. The Morgan fingerprint density at radius 2 is 2.11 bits per heavy atom. The number of piperidine rings is 1. The maximum atomic E-state index is 12.1. The Morgan fingerprint density at radius 3 is 2.68 bits per heavy atom. The SMILES string of the molecule is CCOCCC1(CNC(=O)C2CCNCC2)CCC1. The van der Waals surface area contributed by atoms with Crippen LogP contribution in [0.2, 0.25) is 0 Å². The van der Waals surface area contributed by atoms with E-state index in [1.165, 1.54) is 19.3 Å². The highest BCUT2D eigenvalue weighted by Crippen LogP contribution is 2.43. The largest absolute Gasteiger partial charge is 0.382 e. The number of ether oxygens (including phenoxy) is 1. The van der Waals surface area contributed by atoms with Crippen LogP contribution >= 0.6 is 0 Å². The zero-order valence-corrected chi connectivity index (χ0v) is 12.2. The second-order valence-electron chi connectivity index (χ2n) is 6.04. The van der Waals surface area contributed by atoms with Crippen LogP contribution < -0.4 is 10.6 Å². The lowest BCUT2D eigenvalue weighted by molar-refractivity contribution is -0.126. The Morgan fingerprint density at radius 1 is 1.37 bits per heavy atom. The number of carbonyl (C=O) groups is 1. The summed E-state index contributed by atoms with van der Waals surface area (Å²) in [6.07, 6.45) is 6.84. The number of hydrogen-bond acceptors (Lipinski definition) is 3. The third-order valence-corrected chi connectivity index (χ3v) is 4.74. The molecule has 19 heavy (non-hydrogen) atoms. The standard InChI is InChI=1S/C15H28N2O2/c1-2-19-11-8-15(6-3-7-15)12-17-14(18)13-4-9-16-10-5-13/h13,16H,2-12H2,1H3,(H,17,18). The minimum atomic E-state index is 0.227. The van der Waals surface area contributed by atoms with Gasteiger partial charge in [-0.2, -0.15) is 0 Å². The topological polar surface area (TPSA) is 50.4 Å². The lowest BCUT2D eigenvalue weighted by atomic mass is 9.66. The summed E-state index contributed by atoms with van der Waals surface area (Å²) < 4.78 is 5.47. The van der Waals surface area contributed by atoms with Gasteiger partial charge in [0, 0.05) is 25.7 Å². The molecule has 0 aromatic heterocycles. The fourth-order valence-corrected chi connectivity index (χ4v) is 3.13. The third-order valence-electron chi connectivity index (χ3n) is 4.74. The summed E-state index contributed by atoms with van der Waals surface area (Å²) in [4.78, 5) is 12.1. The fraction of sp³-hybridized carbons (Fsp3) is 0.933. The maximum absolute atomic E-state index is 12.1. The molecule has 0 bridgehead atoms. The molecule has 4 nitrogen and oxygen atoms in total. The van der Waals surface area contributed by atoms with Gasteiger partial charge in [-0.15, -0.1) is 0 Å². The Hall–Kier alpha value is -0.610. The highest BCUT2D eigenvalue weighted by atomic mass is 16.5. The molecule has 1 aliphatic carbocycles. The van der Waals surface area contributed by atoms with E-state index in [0.29, 0.717) is 5.41 Å². The van der Waals surface area contributed by atoms with Gasteiger partial charge in [0.25, 0.3) is 0 Å². The van der Waals surface area contributed by atoms with Crippen LogP contribution in [0.1, 0.15) is 45.4 Å². The van der Waals surface area contributed by atoms with Crippen LogP contribution in [-0.4, -0.2) is 38.8 Å². The lowest BCUT2D eigenvalue weighted by Gasteiger charge is -2.42. The van der Waals surface area contributed by atoms with Gasteiger partial charge in [-0.05, 0) is 57.5 Å². The second-order valence-corrected chi connectivity index (χ2v) is 6.04. The molecule has 0 aromatic carbocycles. The molecule has 0 radical (unpaired) electrons. The highest BCUT2D eigenvalue weighted by Gasteiger charge is 2.37. The quantitative estimate of drug-likeness (QED) is 0.691. The normalized spacial score (nSPS) is 22.8. The van der Waals surface area contributed by atoms with Gasteiger partial charge in [0.05, 0.1) is 0 Å². The van der Waals surface area contributed by atoms with Crippen LogP contribution in [-0.2, 0) is 9.53 Å². The van der Waals surface area contributed by atoms with E-state index in [-0.39, 0.29) is 11.8 Å². The molecule has 2 rings (SSSR count). The Labute approximate surface area is 116 Å². The van der Waals surface area contributed by atoms with Crippen LogP contribution in [0.5, 0.6) is 0 Å². The maximum Gasteiger partial charge on any atom is 0.223 e. The smallest absolute Gasteiger partial charge is 0.223 e. The molecule has 1 amide bonds. The molecule has 0 atom stereocenters. The van der Waals surface area contributed by atoms with Crippen LogP contribution in [0.3, 0.4) is 0 Å². The minimum absolute atomic E-state index is 0.227. The van der Waals surface area contributed by atoms with Gasteiger partial charge in [-0.3, -0.25) is 4.79 Å². The van der Waals surface area contributed by atoms with Crippen LogP contribution in [0.15, 0.2) is 0 Å². The number of rotatable bonds is 7. The van der Waals surface area contributed by atoms with Gasteiger partial charge in [-0.25, -0.2) is 0 Å². The van der Waals surface area contributed by atoms with Crippen molar-refractivity contribution in [3.8, 4) is 0 Å². The Balaban J connectivity index is 1.71. The van der Waals surface area contributed by atoms with Crippen molar-refractivity contribution in [3.63, 3.8) is 0 Å². The fourth-order valence-electron chi connectivity index (χ4n) is 3.13. The monoisotopic (exact) mass is 268 g/mol. The molecule has 0 spiro atoms. The van der Waals surface area contributed by atoms with E-state index in [1.54, 1.807) is 0 Å². The molecule has 1 heterocycles. The molecular weight excluding hydrogens is 240 g/mol. The number of carbonyl (C=O) groups excluding carboxylic acids is 1. The summed E-state index contributed by atoms with van der Waals surface area (Å²) >= 11 is 0. The highest BCUT2D eigenvalue weighted by molar-refractivity contribution is 5.78. The van der Waals surface area contributed by atoms with Crippen molar-refractivity contribution < 1.29 is 9.53 Å². The molecule has 2 aliphatic rings. The zero-order valence-electron chi connectivity index (χ0n) is 12.2. The average Bonchev–Trinajstić information content (AvgIpc) is 2.41. The van der Waals surface area contributed by atoms with Crippen LogP contribution in [0.25, 0.3) is 0 Å². The molecular formula is C15H28N2O2. The number of amides is 1. The van der Waals surface area contributed by atoms with Crippen molar-refractivity contribution in [1.82, 2.24) is 10.6 Å². The summed E-state index contributed by atoms with van der Waals surface area (Å²) in [6, 6.07) is 0. The van der Waals surface area contributed by atoms with E-state index in [4.69, 9.17) is 4.74 Å². The van der Waals surface area contributed by atoms with Crippen LogP contribution in [0.4, 0.5) is 0 Å². The Kier molecular flexibility index (Phi) is 5.64. The molecule has 1 saturated heterocycles. The van der Waals surface area contributed by atoms with E-state index >= 15 is 0 Å². The summed E-state index contributed by atoms with van der Waals surface area (Å²) in [5.74, 6) is 0.495. The molecule has 0 unspecified atom stereocenters. The molecule has 1 saturated carbocycles. The second kappa shape index (κ2) is 7.25. The number of nitrogens with one attached hydrogen (secondary N) is 2. The molecule has 4 heteroatoms.